The summed E-state index contributed by atoms with van der Waals surface area (Å²) in [5.41, 5.74) is 0.452. The van der Waals surface area contributed by atoms with Gasteiger partial charge in [0, 0.05) is 28.3 Å². The number of rotatable bonds is 4. The molecule has 0 aliphatic heterocycles. The van der Waals surface area contributed by atoms with Crippen LogP contribution in [0.4, 0.5) is 0 Å². The Labute approximate surface area is 105 Å². The number of hydrogen-bond acceptors (Lipinski definition) is 5. The van der Waals surface area contributed by atoms with E-state index in [1.54, 1.807) is 19.0 Å². The van der Waals surface area contributed by atoms with Crippen LogP contribution in [0.3, 0.4) is 0 Å². The van der Waals surface area contributed by atoms with E-state index in [1.165, 1.54) is 14.2 Å². The molecule has 0 saturated carbocycles. The van der Waals surface area contributed by atoms with E-state index in [-0.39, 0.29) is 10.6 Å². The van der Waals surface area contributed by atoms with E-state index >= 15 is 0 Å². The minimum absolute atomic E-state index is 0.00759. The van der Waals surface area contributed by atoms with Crippen molar-refractivity contribution in [1.29, 1.82) is 0 Å². The monoisotopic (exact) mass is 259 g/mol. The van der Waals surface area contributed by atoms with Crippen LogP contribution >= 0.6 is 11.6 Å². The SMILES string of the molecule is COC1(OC)C(N(C)C)=C(Cl)C(=O)/C1=C\C=O. The zero-order chi connectivity index (χ0) is 13.2. The first-order valence-electron chi connectivity index (χ1n) is 4.84. The maximum Gasteiger partial charge on any atom is 0.242 e. The molecule has 0 amide bonds. The molecule has 0 radical (unpaired) electrons. The number of carbonyl (C=O) groups excluding carboxylic acids is 2. The third kappa shape index (κ3) is 1.90. The number of halogens is 1. The summed E-state index contributed by atoms with van der Waals surface area (Å²) in [5.74, 6) is -1.88. The Hall–Kier alpha value is -1.17. The Kier molecular flexibility index (Phi) is 4.08. The standard InChI is InChI=1S/C11H14ClNO4/c1-13(2)10-8(12)9(15)7(5-6-14)11(10,16-3)17-4/h5-6H,1-4H3/b7-5+. The molecule has 0 bridgehead atoms. The summed E-state index contributed by atoms with van der Waals surface area (Å²) >= 11 is 5.97. The van der Waals surface area contributed by atoms with E-state index in [0.717, 1.165) is 6.08 Å². The van der Waals surface area contributed by atoms with Gasteiger partial charge in [-0.1, -0.05) is 11.6 Å². The normalized spacial score (nSPS) is 21.2. The van der Waals surface area contributed by atoms with E-state index in [4.69, 9.17) is 21.1 Å². The Morgan fingerprint density at radius 3 is 2.18 bits per heavy atom. The number of nitrogens with zero attached hydrogens (tertiary/aromatic N) is 1. The molecule has 0 spiro atoms. The lowest BCUT2D eigenvalue weighted by atomic mass is 10.1. The summed E-state index contributed by atoms with van der Waals surface area (Å²) in [6.45, 7) is 0. The van der Waals surface area contributed by atoms with Crippen LogP contribution in [0.25, 0.3) is 0 Å². The fourth-order valence-electron chi connectivity index (χ4n) is 1.89. The number of Topliss-reactive ketones (excluding diaryl/α,β-unsaturated/α-hetero) is 1. The van der Waals surface area contributed by atoms with Crippen molar-refractivity contribution in [2.24, 2.45) is 0 Å². The van der Waals surface area contributed by atoms with Crippen molar-refractivity contribution in [3.8, 4) is 0 Å². The number of ketones is 1. The van der Waals surface area contributed by atoms with Gasteiger partial charge >= 0.3 is 0 Å². The summed E-state index contributed by atoms with van der Waals surface area (Å²) in [6.07, 6.45) is 1.61. The van der Waals surface area contributed by atoms with E-state index in [9.17, 15) is 9.59 Å². The lowest BCUT2D eigenvalue weighted by Crippen LogP contribution is -2.41. The molecule has 0 saturated heterocycles. The van der Waals surface area contributed by atoms with E-state index in [0.29, 0.717) is 12.0 Å². The zero-order valence-electron chi connectivity index (χ0n) is 10.1. The molecule has 6 heteroatoms. The van der Waals surface area contributed by atoms with Gasteiger partial charge in [0.2, 0.25) is 11.6 Å². The molecule has 5 nitrogen and oxygen atoms in total. The maximum atomic E-state index is 11.9. The molecule has 0 heterocycles. The minimum Gasteiger partial charge on any atom is -0.375 e. The number of aldehydes is 1. The number of methoxy groups -OCH3 is 2. The number of ether oxygens (including phenoxy) is 2. The topological polar surface area (TPSA) is 55.8 Å². The Balaban J connectivity index is 3.51. The van der Waals surface area contributed by atoms with Crippen LogP contribution in [0.1, 0.15) is 0 Å². The third-order valence-electron chi connectivity index (χ3n) is 2.58. The van der Waals surface area contributed by atoms with E-state index in [1.807, 2.05) is 0 Å². The van der Waals surface area contributed by atoms with E-state index in [2.05, 4.69) is 0 Å². The van der Waals surface area contributed by atoms with Gasteiger partial charge in [0.05, 0.1) is 5.57 Å². The van der Waals surface area contributed by atoms with Crippen molar-refractivity contribution in [3.05, 3.63) is 22.4 Å². The fraction of sp³-hybridized carbons (Fsp3) is 0.455. The van der Waals surface area contributed by atoms with Gasteiger partial charge < -0.3 is 14.4 Å². The van der Waals surface area contributed by atoms with Crippen molar-refractivity contribution in [1.82, 2.24) is 4.90 Å². The van der Waals surface area contributed by atoms with Crippen molar-refractivity contribution < 1.29 is 19.1 Å². The first-order valence-corrected chi connectivity index (χ1v) is 5.22. The molecule has 17 heavy (non-hydrogen) atoms. The second kappa shape index (κ2) is 5.00. The van der Waals surface area contributed by atoms with Gasteiger partial charge in [-0.2, -0.15) is 0 Å². The molecule has 1 aliphatic carbocycles. The largest absolute Gasteiger partial charge is 0.375 e. The summed E-state index contributed by atoms with van der Waals surface area (Å²) in [7, 11) is 6.19. The van der Waals surface area contributed by atoms with Crippen molar-refractivity contribution >= 4 is 23.7 Å². The summed E-state index contributed by atoms with van der Waals surface area (Å²) < 4.78 is 10.5. The lowest BCUT2D eigenvalue weighted by molar-refractivity contribution is -0.160. The van der Waals surface area contributed by atoms with Gasteiger partial charge in [-0.3, -0.25) is 9.59 Å². The minimum atomic E-state index is -1.42. The highest BCUT2D eigenvalue weighted by Gasteiger charge is 2.52. The van der Waals surface area contributed by atoms with Gasteiger partial charge in [-0.15, -0.1) is 0 Å². The molecular formula is C11H14ClNO4. The number of carbonyl (C=O) groups is 2. The first-order chi connectivity index (χ1) is 7.96. The predicted molar refractivity (Wildman–Crippen MR) is 62.5 cm³/mol. The zero-order valence-corrected chi connectivity index (χ0v) is 10.9. The van der Waals surface area contributed by atoms with Gasteiger partial charge in [-0.25, -0.2) is 0 Å². The Morgan fingerprint density at radius 2 is 1.82 bits per heavy atom. The van der Waals surface area contributed by atoms with Gasteiger partial charge in [0.25, 0.3) is 0 Å². The fourth-order valence-corrected chi connectivity index (χ4v) is 2.28. The summed E-state index contributed by atoms with van der Waals surface area (Å²) in [6, 6.07) is 0. The summed E-state index contributed by atoms with van der Waals surface area (Å²) in [4.78, 5) is 24.2. The van der Waals surface area contributed by atoms with E-state index < -0.39 is 11.6 Å². The van der Waals surface area contributed by atoms with Crippen molar-refractivity contribution in [2.75, 3.05) is 28.3 Å². The quantitative estimate of drug-likeness (QED) is 0.423. The maximum absolute atomic E-state index is 11.9. The van der Waals surface area contributed by atoms with Crippen LogP contribution in [0, 0.1) is 0 Å². The van der Waals surface area contributed by atoms with Gasteiger partial charge in [0.15, 0.2) is 0 Å². The molecule has 94 valence electrons. The molecule has 0 aromatic carbocycles. The van der Waals surface area contributed by atoms with Crippen molar-refractivity contribution in [2.45, 2.75) is 5.79 Å². The highest BCUT2D eigenvalue weighted by Crippen LogP contribution is 2.43. The summed E-state index contributed by atoms with van der Waals surface area (Å²) in [5, 5.41) is -0.00759. The van der Waals surface area contributed by atoms with Crippen LogP contribution in [0.5, 0.6) is 0 Å². The van der Waals surface area contributed by atoms with Crippen LogP contribution in [0.15, 0.2) is 22.4 Å². The second-order valence-corrected chi connectivity index (χ2v) is 4.01. The lowest BCUT2D eigenvalue weighted by Gasteiger charge is -2.33. The average molecular weight is 260 g/mol. The molecular weight excluding hydrogens is 246 g/mol. The highest BCUT2D eigenvalue weighted by molar-refractivity contribution is 6.47. The molecule has 1 rings (SSSR count). The molecule has 0 aromatic heterocycles. The number of likely N-dealkylation sites (N-methyl/N-ethyl adjacent to an activating group) is 1. The molecule has 0 fully saturated rings. The first kappa shape index (κ1) is 13.9. The molecule has 0 N–H and O–H groups in total. The average Bonchev–Trinajstić information content (AvgIpc) is 2.51. The molecule has 0 unspecified atom stereocenters. The van der Waals surface area contributed by atoms with Crippen molar-refractivity contribution in [3.63, 3.8) is 0 Å². The smallest absolute Gasteiger partial charge is 0.242 e. The Bertz CT molecular complexity index is 408. The Morgan fingerprint density at radius 1 is 1.29 bits per heavy atom. The third-order valence-corrected chi connectivity index (χ3v) is 2.93. The van der Waals surface area contributed by atoms with Crippen LogP contribution in [-0.2, 0) is 19.1 Å². The molecule has 0 aromatic rings. The number of hydrogen-bond donors (Lipinski definition) is 0. The van der Waals surface area contributed by atoms with Crippen LogP contribution < -0.4 is 0 Å². The molecule has 0 atom stereocenters. The van der Waals surface area contributed by atoms with Crippen LogP contribution in [-0.4, -0.2) is 51.1 Å². The second-order valence-electron chi connectivity index (χ2n) is 3.63. The van der Waals surface area contributed by atoms with Crippen LogP contribution in [0.2, 0.25) is 0 Å². The highest BCUT2D eigenvalue weighted by atomic mass is 35.5. The predicted octanol–water partition coefficient (Wildman–Crippen LogP) is 0.696. The molecule has 1 aliphatic rings. The van der Waals surface area contributed by atoms with Gasteiger partial charge in [-0.05, 0) is 6.08 Å². The number of allylic oxidation sites excluding steroid dienone is 2. The van der Waals surface area contributed by atoms with Gasteiger partial charge in [0.1, 0.15) is 17.0 Å².